The van der Waals surface area contributed by atoms with E-state index < -0.39 is 0 Å². The average molecular weight is 364 g/mol. The van der Waals surface area contributed by atoms with Crippen molar-refractivity contribution in [2.75, 3.05) is 26.2 Å². The minimum Gasteiger partial charge on any atom is -0.342 e. The SMILES string of the molecule is O=C(c1cccc2ccccc12)N1CCC(C(=O)N2CCCCCC2)CC1. The molecule has 0 aromatic heterocycles. The highest BCUT2D eigenvalue weighted by Gasteiger charge is 2.31. The van der Waals surface area contributed by atoms with Crippen LogP contribution in [0.4, 0.5) is 0 Å². The number of nitrogens with zero attached hydrogens (tertiary/aromatic N) is 2. The van der Waals surface area contributed by atoms with E-state index in [0.29, 0.717) is 19.0 Å². The lowest BCUT2D eigenvalue weighted by atomic mass is 9.94. The Balaban J connectivity index is 1.41. The first-order chi connectivity index (χ1) is 13.2. The summed E-state index contributed by atoms with van der Waals surface area (Å²) in [5.74, 6) is 0.487. The summed E-state index contributed by atoms with van der Waals surface area (Å²) < 4.78 is 0. The maximum absolute atomic E-state index is 13.1. The molecular weight excluding hydrogens is 336 g/mol. The van der Waals surface area contributed by atoms with Crippen LogP contribution in [-0.2, 0) is 4.79 Å². The topological polar surface area (TPSA) is 40.6 Å². The molecule has 0 spiro atoms. The average Bonchev–Trinajstić information content (AvgIpc) is 3.02. The Hall–Kier alpha value is -2.36. The Morgan fingerprint density at radius 2 is 1.41 bits per heavy atom. The van der Waals surface area contributed by atoms with Gasteiger partial charge < -0.3 is 9.80 Å². The van der Waals surface area contributed by atoms with E-state index >= 15 is 0 Å². The monoisotopic (exact) mass is 364 g/mol. The Morgan fingerprint density at radius 1 is 0.741 bits per heavy atom. The van der Waals surface area contributed by atoms with Crippen molar-refractivity contribution in [3.05, 3.63) is 48.0 Å². The largest absolute Gasteiger partial charge is 0.342 e. The molecule has 2 heterocycles. The van der Waals surface area contributed by atoms with Gasteiger partial charge in [-0.2, -0.15) is 0 Å². The molecule has 2 aliphatic heterocycles. The van der Waals surface area contributed by atoms with Gasteiger partial charge in [0, 0.05) is 37.7 Å². The zero-order valence-electron chi connectivity index (χ0n) is 15.9. The van der Waals surface area contributed by atoms with Crippen molar-refractivity contribution in [3.8, 4) is 0 Å². The molecule has 142 valence electrons. The van der Waals surface area contributed by atoms with Gasteiger partial charge in [0.25, 0.3) is 5.91 Å². The van der Waals surface area contributed by atoms with Crippen LogP contribution in [0.15, 0.2) is 42.5 Å². The highest BCUT2D eigenvalue weighted by molar-refractivity contribution is 6.07. The number of amides is 2. The van der Waals surface area contributed by atoms with Crippen molar-refractivity contribution < 1.29 is 9.59 Å². The molecule has 27 heavy (non-hydrogen) atoms. The van der Waals surface area contributed by atoms with Crippen LogP contribution in [0.2, 0.25) is 0 Å². The summed E-state index contributed by atoms with van der Waals surface area (Å²) >= 11 is 0. The smallest absolute Gasteiger partial charge is 0.254 e. The van der Waals surface area contributed by atoms with Crippen LogP contribution in [-0.4, -0.2) is 47.8 Å². The van der Waals surface area contributed by atoms with Crippen LogP contribution in [0.3, 0.4) is 0 Å². The summed E-state index contributed by atoms with van der Waals surface area (Å²) in [6.07, 6.45) is 6.30. The fourth-order valence-corrected chi connectivity index (χ4v) is 4.46. The van der Waals surface area contributed by atoms with Gasteiger partial charge in [-0.3, -0.25) is 9.59 Å². The number of hydrogen-bond donors (Lipinski definition) is 0. The van der Waals surface area contributed by atoms with E-state index in [2.05, 4.69) is 4.90 Å². The van der Waals surface area contributed by atoms with Crippen molar-refractivity contribution in [1.29, 1.82) is 0 Å². The summed E-state index contributed by atoms with van der Waals surface area (Å²) in [7, 11) is 0. The molecule has 0 N–H and O–H groups in total. The molecule has 0 atom stereocenters. The van der Waals surface area contributed by atoms with Crippen molar-refractivity contribution >= 4 is 22.6 Å². The Bertz CT molecular complexity index is 811. The molecule has 4 rings (SSSR count). The molecule has 2 aromatic carbocycles. The van der Waals surface area contributed by atoms with Crippen molar-refractivity contribution in [3.63, 3.8) is 0 Å². The number of likely N-dealkylation sites (tertiary alicyclic amines) is 2. The van der Waals surface area contributed by atoms with Crippen LogP contribution < -0.4 is 0 Å². The predicted molar refractivity (Wildman–Crippen MR) is 108 cm³/mol. The molecule has 4 heteroatoms. The van der Waals surface area contributed by atoms with Crippen LogP contribution in [0.5, 0.6) is 0 Å². The first-order valence-electron chi connectivity index (χ1n) is 10.3. The van der Waals surface area contributed by atoms with E-state index in [4.69, 9.17) is 0 Å². The van der Waals surface area contributed by atoms with Gasteiger partial charge in [0.15, 0.2) is 0 Å². The maximum atomic E-state index is 13.1. The van der Waals surface area contributed by atoms with E-state index in [1.54, 1.807) is 0 Å². The molecule has 0 bridgehead atoms. The lowest BCUT2D eigenvalue weighted by molar-refractivity contribution is -0.136. The summed E-state index contributed by atoms with van der Waals surface area (Å²) in [4.78, 5) is 29.9. The van der Waals surface area contributed by atoms with E-state index in [0.717, 1.165) is 55.1 Å². The highest BCUT2D eigenvalue weighted by atomic mass is 16.2. The lowest BCUT2D eigenvalue weighted by Crippen LogP contribution is -2.44. The second kappa shape index (κ2) is 8.12. The highest BCUT2D eigenvalue weighted by Crippen LogP contribution is 2.25. The molecule has 2 amide bonds. The number of rotatable bonds is 2. The molecule has 0 aliphatic carbocycles. The first-order valence-corrected chi connectivity index (χ1v) is 10.3. The zero-order valence-corrected chi connectivity index (χ0v) is 15.9. The van der Waals surface area contributed by atoms with Crippen molar-refractivity contribution in [2.45, 2.75) is 38.5 Å². The fourth-order valence-electron chi connectivity index (χ4n) is 4.46. The summed E-state index contributed by atoms with van der Waals surface area (Å²) in [6.45, 7) is 3.17. The Morgan fingerprint density at radius 3 is 2.15 bits per heavy atom. The predicted octanol–water partition coefficient (Wildman–Crippen LogP) is 4.09. The second-order valence-electron chi connectivity index (χ2n) is 7.83. The molecule has 0 radical (unpaired) electrons. The molecule has 2 fully saturated rings. The summed E-state index contributed by atoms with van der Waals surface area (Å²) in [5.41, 5.74) is 0.769. The molecule has 2 saturated heterocycles. The third kappa shape index (κ3) is 3.85. The van der Waals surface area contributed by atoms with Gasteiger partial charge in [-0.25, -0.2) is 0 Å². The van der Waals surface area contributed by atoms with Gasteiger partial charge in [0.1, 0.15) is 0 Å². The maximum Gasteiger partial charge on any atom is 0.254 e. The second-order valence-corrected chi connectivity index (χ2v) is 7.83. The van der Waals surface area contributed by atoms with E-state index in [9.17, 15) is 9.59 Å². The minimum atomic E-state index is 0.0830. The zero-order chi connectivity index (χ0) is 18.6. The number of piperidine rings is 1. The van der Waals surface area contributed by atoms with Gasteiger partial charge in [-0.05, 0) is 42.5 Å². The summed E-state index contributed by atoms with van der Waals surface area (Å²) in [5, 5.41) is 2.10. The molecule has 0 saturated carbocycles. The van der Waals surface area contributed by atoms with Crippen LogP contribution in [0, 0.1) is 5.92 Å². The van der Waals surface area contributed by atoms with E-state index in [1.807, 2.05) is 47.4 Å². The van der Waals surface area contributed by atoms with Gasteiger partial charge in [0.2, 0.25) is 5.91 Å². The van der Waals surface area contributed by atoms with Crippen LogP contribution >= 0.6 is 0 Å². The fraction of sp³-hybridized carbons (Fsp3) is 0.478. The van der Waals surface area contributed by atoms with Gasteiger partial charge in [-0.15, -0.1) is 0 Å². The number of fused-ring (bicyclic) bond motifs is 1. The van der Waals surface area contributed by atoms with Crippen molar-refractivity contribution in [1.82, 2.24) is 9.80 Å². The van der Waals surface area contributed by atoms with Gasteiger partial charge in [0.05, 0.1) is 0 Å². The van der Waals surface area contributed by atoms with Crippen molar-refractivity contribution in [2.24, 2.45) is 5.92 Å². The molecule has 2 aliphatic rings. The molecule has 0 unspecified atom stereocenters. The van der Waals surface area contributed by atoms with Crippen LogP contribution in [0.1, 0.15) is 48.9 Å². The number of benzene rings is 2. The number of carbonyl (C=O) groups is 2. The third-order valence-corrected chi connectivity index (χ3v) is 6.07. The Labute approximate surface area is 161 Å². The normalized spacial score (nSPS) is 19.1. The van der Waals surface area contributed by atoms with Gasteiger partial charge in [-0.1, -0.05) is 49.2 Å². The standard InChI is InChI=1S/C23H28N2O2/c26-22(24-14-5-1-2-6-15-24)19-12-16-25(17-13-19)23(27)21-11-7-9-18-8-3-4-10-20(18)21/h3-4,7-11,19H,1-2,5-6,12-17H2. The van der Waals surface area contributed by atoms with E-state index in [-0.39, 0.29) is 11.8 Å². The minimum absolute atomic E-state index is 0.0830. The van der Waals surface area contributed by atoms with E-state index in [1.165, 1.54) is 12.8 Å². The molecular formula is C23H28N2O2. The first kappa shape index (κ1) is 18.0. The molecule has 4 nitrogen and oxygen atoms in total. The van der Waals surface area contributed by atoms with Crippen LogP contribution in [0.25, 0.3) is 10.8 Å². The quantitative estimate of drug-likeness (QED) is 0.805. The lowest BCUT2D eigenvalue weighted by Gasteiger charge is -2.34. The summed E-state index contributed by atoms with van der Waals surface area (Å²) in [6, 6.07) is 13.9. The number of carbonyl (C=O) groups excluding carboxylic acids is 2. The Kier molecular flexibility index (Phi) is 5.42. The molecule has 2 aromatic rings. The van der Waals surface area contributed by atoms with Gasteiger partial charge >= 0.3 is 0 Å². The number of hydrogen-bond acceptors (Lipinski definition) is 2. The third-order valence-electron chi connectivity index (χ3n) is 6.07.